The van der Waals surface area contributed by atoms with Crippen molar-refractivity contribution in [2.45, 2.75) is 69.9 Å². The Morgan fingerprint density at radius 2 is 1.54 bits per heavy atom. The van der Waals surface area contributed by atoms with E-state index in [1.807, 2.05) is 0 Å². The van der Waals surface area contributed by atoms with Crippen molar-refractivity contribution >= 4 is 11.9 Å². The van der Waals surface area contributed by atoms with Crippen LogP contribution in [-0.4, -0.2) is 42.5 Å². The molecule has 0 aromatic heterocycles. The van der Waals surface area contributed by atoms with E-state index in [4.69, 9.17) is 4.74 Å². The Hall–Kier alpha value is -3.15. The van der Waals surface area contributed by atoms with Crippen molar-refractivity contribution < 1.29 is 45.1 Å². The summed E-state index contributed by atoms with van der Waals surface area (Å²) >= 11 is 0. The summed E-state index contributed by atoms with van der Waals surface area (Å²) in [5.41, 5.74) is -3.93. The Morgan fingerprint density at radius 3 is 2.07 bits per heavy atom. The van der Waals surface area contributed by atoms with Crippen LogP contribution < -0.4 is 5.32 Å². The molecule has 5 nitrogen and oxygen atoms in total. The first kappa shape index (κ1) is 30.8. The Bertz CT molecular complexity index is 1210. The van der Waals surface area contributed by atoms with Gasteiger partial charge in [-0.1, -0.05) is 12.1 Å². The van der Waals surface area contributed by atoms with Crippen LogP contribution in [0.5, 0.6) is 0 Å². The first-order valence-corrected chi connectivity index (χ1v) is 13.5. The highest BCUT2D eigenvalue weighted by Gasteiger charge is 2.53. The second-order valence-electron chi connectivity index (χ2n) is 10.7. The minimum absolute atomic E-state index is 0.00413. The van der Waals surface area contributed by atoms with Crippen molar-refractivity contribution in [3.05, 3.63) is 70.5 Å². The van der Waals surface area contributed by atoms with E-state index in [2.05, 4.69) is 10.2 Å². The molecule has 41 heavy (non-hydrogen) atoms. The number of hydrogen-bond acceptors (Lipinski definition) is 4. The molecule has 1 N–H and O–H groups in total. The van der Waals surface area contributed by atoms with Gasteiger partial charge in [-0.2, -0.15) is 26.3 Å². The van der Waals surface area contributed by atoms with Crippen molar-refractivity contribution in [3.8, 4) is 0 Å². The quantitative estimate of drug-likeness (QED) is 0.229. The smallest absolute Gasteiger partial charge is 0.416 e. The second-order valence-corrected chi connectivity index (χ2v) is 10.7. The fourth-order valence-electron chi connectivity index (χ4n) is 5.89. The molecule has 1 saturated carbocycles. The molecule has 1 unspecified atom stereocenters. The van der Waals surface area contributed by atoms with Gasteiger partial charge in [-0.25, -0.2) is 4.39 Å². The first-order chi connectivity index (χ1) is 19.2. The summed E-state index contributed by atoms with van der Waals surface area (Å²) in [6, 6.07) is 7.37. The zero-order valence-corrected chi connectivity index (χ0v) is 22.4. The van der Waals surface area contributed by atoms with Gasteiger partial charge in [0.1, 0.15) is 11.2 Å². The van der Waals surface area contributed by atoms with Crippen LogP contribution in [-0.2, 0) is 33.2 Å². The van der Waals surface area contributed by atoms with Gasteiger partial charge < -0.3 is 15.0 Å². The maximum Gasteiger partial charge on any atom is 0.416 e. The lowest BCUT2D eigenvalue weighted by Gasteiger charge is -2.37. The summed E-state index contributed by atoms with van der Waals surface area (Å²) in [4.78, 5) is 28.7. The summed E-state index contributed by atoms with van der Waals surface area (Å²) in [5, 5.41) is 2.41. The normalized spacial score (nSPS) is 22.5. The van der Waals surface area contributed by atoms with Crippen molar-refractivity contribution in [2.75, 3.05) is 19.7 Å². The molecule has 0 spiro atoms. The molecule has 1 amide bonds. The fraction of sp³-hybridized carbons (Fsp3) is 0.517. The fourth-order valence-corrected chi connectivity index (χ4v) is 5.89. The van der Waals surface area contributed by atoms with Gasteiger partial charge in [-0.05, 0) is 99.5 Å². The van der Waals surface area contributed by atoms with Crippen LogP contribution in [0.1, 0.15) is 67.2 Å². The van der Waals surface area contributed by atoms with E-state index in [0.717, 1.165) is 18.4 Å². The van der Waals surface area contributed by atoms with E-state index >= 15 is 0 Å². The van der Waals surface area contributed by atoms with Crippen LogP contribution in [0.3, 0.4) is 0 Å². The first-order valence-electron chi connectivity index (χ1n) is 13.5. The maximum atomic E-state index is 13.4. The summed E-state index contributed by atoms with van der Waals surface area (Å²) in [5.74, 6) is -1.60. The van der Waals surface area contributed by atoms with Crippen molar-refractivity contribution in [1.82, 2.24) is 10.2 Å². The third-order valence-corrected chi connectivity index (χ3v) is 8.08. The molecule has 0 bridgehead atoms. The number of nitrogens with zero attached hydrogens (tertiary/aromatic N) is 1. The monoisotopic (exact) mass is 588 g/mol. The van der Waals surface area contributed by atoms with Crippen LogP contribution >= 0.6 is 0 Å². The number of carbonyl (C=O) groups is 2. The number of hydrogen-bond donors (Lipinski definition) is 1. The molecule has 12 heteroatoms. The molecule has 0 radical (unpaired) electrons. The number of halogens is 7. The van der Waals surface area contributed by atoms with E-state index < -0.39 is 52.9 Å². The SMILES string of the molecule is CCOC(=O)[C@]1(C(=O)NCc2cc(C(F)(F)F)cc(C(F)(F)F)c2)CCC(N2CCC(c3ccc(F)cc3)CC2)C1. The molecule has 2 aliphatic rings. The number of benzene rings is 2. The standard InChI is InChI=1S/C29H31F7N2O3/c1-2-41-26(40)27(25(39)37-17-18-13-21(28(31,32)33)15-22(14-18)29(34,35)36)10-7-24(16-27)38-11-8-20(9-12-38)19-3-5-23(30)6-4-19/h3-6,13-15,20,24H,2,7-12,16-17H2,1H3,(H,37,39)/t24?,27-/m1/s1. The van der Waals surface area contributed by atoms with Gasteiger partial charge in [0.15, 0.2) is 0 Å². The number of nitrogens with one attached hydrogen (secondary N) is 1. The summed E-state index contributed by atoms with van der Waals surface area (Å²) < 4.78 is 98.0. The molecular weight excluding hydrogens is 557 g/mol. The highest BCUT2D eigenvalue weighted by molar-refractivity contribution is 6.03. The van der Waals surface area contributed by atoms with Gasteiger partial charge in [0.25, 0.3) is 0 Å². The lowest BCUT2D eigenvalue weighted by Crippen LogP contribution is -2.47. The number of amides is 1. The third kappa shape index (κ3) is 7.02. The molecular formula is C29H31F7N2O3. The van der Waals surface area contributed by atoms with Crippen LogP contribution in [0.4, 0.5) is 30.7 Å². The van der Waals surface area contributed by atoms with E-state index in [1.54, 1.807) is 19.1 Å². The molecule has 1 aliphatic carbocycles. The summed E-state index contributed by atoms with van der Waals surface area (Å²) in [7, 11) is 0. The second kappa shape index (κ2) is 12.0. The van der Waals surface area contributed by atoms with E-state index in [9.17, 15) is 40.3 Å². The number of carbonyl (C=O) groups excluding carboxylic acids is 2. The van der Waals surface area contributed by atoms with Crippen molar-refractivity contribution in [2.24, 2.45) is 5.41 Å². The average molecular weight is 589 g/mol. The Kier molecular flexibility index (Phi) is 9.01. The van der Waals surface area contributed by atoms with Crippen LogP contribution in [0, 0.1) is 11.2 Å². The minimum Gasteiger partial charge on any atom is -0.465 e. The molecule has 1 aliphatic heterocycles. The molecule has 1 heterocycles. The van der Waals surface area contributed by atoms with Crippen LogP contribution in [0.2, 0.25) is 0 Å². The average Bonchev–Trinajstić information content (AvgIpc) is 3.38. The van der Waals surface area contributed by atoms with Crippen LogP contribution in [0.25, 0.3) is 0 Å². The summed E-state index contributed by atoms with van der Waals surface area (Å²) in [6.07, 6.45) is -7.68. The minimum atomic E-state index is -5.02. The van der Waals surface area contributed by atoms with Gasteiger partial charge in [-0.3, -0.25) is 9.59 Å². The van der Waals surface area contributed by atoms with Gasteiger partial charge in [0.2, 0.25) is 5.91 Å². The predicted octanol–water partition coefficient (Wildman–Crippen LogP) is 6.46. The molecule has 2 atom stereocenters. The highest BCUT2D eigenvalue weighted by Crippen LogP contribution is 2.44. The van der Waals surface area contributed by atoms with Gasteiger partial charge in [0.05, 0.1) is 17.7 Å². The number of piperidine rings is 1. The number of esters is 1. The van der Waals surface area contributed by atoms with Gasteiger partial charge in [0, 0.05) is 12.6 Å². The number of likely N-dealkylation sites (tertiary alicyclic amines) is 1. The van der Waals surface area contributed by atoms with Crippen LogP contribution in [0.15, 0.2) is 42.5 Å². The molecule has 2 fully saturated rings. The molecule has 2 aromatic carbocycles. The number of alkyl halides is 6. The van der Waals surface area contributed by atoms with Gasteiger partial charge in [-0.15, -0.1) is 0 Å². The lowest BCUT2D eigenvalue weighted by molar-refractivity contribution is -0.161. The van der Waals surface area contributed by atoms with E-state index in [1.165, 1.54) is 12.1 Å². The Morgan fingerprint density at radius 1 is 0.951 bits per heavy atom. The Labute approximate surface area is 233 Å². The van der Waals surface area contributed by atoms with Crippen molar-refractivity contribution in [1.29, 1.82) is 0 Å². The topological polar surface area (TPSA) is 58.6 Å². The number of ether oxygens (including phenoxy) is 1. The highest BCUT2D eigenvalue weighted by atomic mass is 19.4. The third-order valence-electron chi connectivity index (χ3n) is 8.08. The summed E-state index contributed by atoms with van der Waals surface area (Å²) in [6.45, 7) is 2.34. The molecule has 4 rings (SSSR count). The number of rotatable bonds is 7. The zero-order chi connectivity index (χ0) is 30.0. The van der Waals surface area contributed by atoms with Crippen molar-refractivity contribution in [3.63, 3.8) is 0 Å². The molecule has 2 aromatic rings. The largest absolute Gasteiger partial charge is 0.465 e. The Balaban J connectivity index is 1.46. The molecule has 1 saturated heterocycles. The van der Waals surface area contributed by atoms with E-state index in [-0.39, 0.29) is 43.3 Å². The zero-order valence-electron chi connectivity index (χ0n) is 22.4. The maximum absolute atomic E-state index is 13.4. The lowest BCUT2D eigenvalue weighted by atomic mass is 9.84. The predicted molar refractivity (Wildman–Crippen MR) is 135 cm³/mol. The molecule has 224 valence electrons. The van der Waals surface area contributed by atoms with E-state index in [0.29, 0.717) is 31.6 Å². The van der Waals surface area contributed by atoms with Gasteiger partial charge >= 0.3 is 18.3 Å².